The van der Waals surface area contributed by atoms with Gasteiger partial charge in [-0.1, -0.05) is 0 Å². The van der Waals surface area contributed by atoms with Crippen molar-refractivity contribution >= 4 is 22.2 Å². The van der Waals surface area contributed by atoms with E-state index in [9.17, 15) is 4.79 Å². The molecular weight excluding hydrogens is 260 g/mol. The summed E-state index contributed by atoms with van der Waals surface area (Å²) in [7, 11) is 0. The molecule has 0 radical (unpaired) electrons. The maximum absolute atomic E-state index is 11.0. The predicted molar refractivity (Wildman–Crippen MR) is 58.9 cm³/mol. The van der Waals surface area contributed by atoms with E-state index >= 15 is 0 Å². The second kappa shape index (κ2) is 4.45. The van der Waals surface area contributed by atoms with Crippen molar-refractivity contribution in [2.24, 2.45) is 0 Å². The van der Waals surface area contributed by atoms with Crippen molar-refractivity contribution in [1.29, 1.82) is 0 Å². The smallest absolute Gasteiger partial charge is 0.169 e. The first-order valence-corrected chi connectivity index (χ1v) is 5.84. The van der Waals surface area contributed by atoms with E-state index in [0.717, 1.165) is 42.3 Å². The lowest BCUT2D eigenvalue weighted by molar-refractivity contribution is -0.0404. The second-order valence-electron chi connectivity index (χ2n) is 3.67. The number of carbonyl (C=O) groups excluding carboxylic acids is 1. The highest BCUT2D eigenvalue weighted by atomic mass is 79.9. The van der Waals surface area contributed by atoms with Crippen molar-refractivity contribution in [3.05, 3.63) is 15.9 Å². The molecule has 0 unspecified atom stereocenters. The van der Waals surface area contributed by atoms with Gasteiger partial charge in [0, 0.05) is 6.61 Å². The van der Waals surface area contributed by atoms with E-state index in [4.69, 9.17) is 4.74 Å². The Hall–Kier alpha value is -0.680. The van der Waals surface area contributed by atoms with Crippen LogP contribution in [-0.4, -0.2) is 22.7 Å². The van der Waals surface area contributed by atoms with Crippen LogP contribution in [0.15, 0.2) is 4.47 Å². The maximum atomic E-state index is 11.0. The van der Waals surface area contributed by atoms with E-state index < -0.39 is 0 Å². The van der Waals surface area contributed by atoms with Gasteiger partial charge in [-0.15, -0.1) is 0 Å². The first kappa shape index (κ1) is 10.8. The molecule has 2 rings (SSSR count). The topological polar surface area (TPSA) is 44.1 Å². The van der Waals surface area contributed by atoms with Crippen molar-refractivity contribution in [3.8, 4) is 0 Å². The molecule has 1 saturated heterocycles. The first-order valence-electron chi connectivity index (χ1n) is 5.05. The average molecular weight is 273 g/mol. The van der Waals surface area contributed by atoms with E-state index in [-0.39, 0.29) is 6.23 Å². The summed E-state index contributed by atoms with van der Waals surface area (Å²) in [6.07, 6.45) is 3.88. The third-order valence-corrected chi connectivity index (χ3v) is 3.57. The predicted octanol–water partition coefficient (Wildman–Crippen LogP) is 2.47. The largest absolute Gasteiger partial charge is 0.356 e. The second-order valence-corrected chi connectivity index (χ2v) is 4.46. The number of aromatic nitrogens is 2. The van der Waals surface area contributed by atoms with Crippen molar-refractivity contribution in [2.75, 3.05) is 6.61 Å². The lowest BCUT2D eigenvalue weighted by Gasteiger charge is -2.23. The quantitative estimate of drug-likeness (QED) is 0.777. The van der Waals surface area contributed by atoms with Crippen molar-refractivity contribution < 1.29 is 9.53 Å². The number of ether oxygens (including phenoxy) is 1. The Bertz CT molecular complexity index is 370. The fourth-order valence-corrected chi connectivity index (χ4v) is 2.14. The molecule has 2 heterocycles. The van der Waals surface area contributed by atoms with Gasteiger partial charge in [-0.05, 0) is 42.1 Å². The Labute approximate surface area is 96.7 Å². The Morgan fingerprint density at radius 3 is 3.00 bits per heavy atom. The molecule has 0 N–H and O–H groups in total. The lowest BCUT2D eigenvalue weighted by atomic mass is 10.2. The van der Waals surface area contributed by atoms with Crippen molar-refractivity contribution in [3.63, 3.8) is 0 Å². The van der Waals surface area contributed by atoms with Gasteiger partial charge in [-0.2, -0.15) is 5.10 Å². The monoisotopic (exact) mass is 272 g/mol. The van der Waals surface area contributed by atoms with Crippen LogP contribution < -0.4 is 0 Å². The highest BCUT2D eigenvalue weighted by Gasteiger charge is 2.22. The number of aldehydes is 1. The fourth-order valence-electron chi connectivity index (χ4n) is 1.79. The molecule has 4 nitrogen and oxygen atoms in total. The van der Waals surface area contributed by atoms with Gasteiger partial charge in [0.2, 0.25) is 0 Å². The van der Waals surface area contributed by atoms with Crippen molar-refractivity contribution in [2.45, 2.75) is 32.4 Å². The van der Waals surface area contributed by atoms with E-state index in [1.807, 2.05) is 6.92 Å². The average Bonchev–Trinajstić information content (AvgIpc) is 2.56. The third kappa shape index (κ3) is 1.99. The van der Waals surface area contributed by atoms with Crippen LogP contribution in [0.2, 0.25) is 0 Å². The molecule has 1 aliphatic rings. The minimum absolute atomic E-state index is 0.0797. The van der Waals surface area contributed by atoms with Crippen LogP contribution in [-0.2, 0) is 4.74 Å². The minimum Gasteiger partial charge on any atom is -0.356 e. The van der Waals surface area contributed by atoms with Crippen LogP contribution >= 0.6 is 15.9 Å². The van der Waals surface area contributed by atoms with Gasteiger partial charge in [0.15, 0.2) is 12.5 Å². The summed E-state index contributed by atoms with van der Waals surface area (Å²) in [4.78, 5) is 11.0. The number of carbonyl (C=O) groups is 1. The number of halogens is 1. The summed E-state index contributed by atoms with van der Waals surface area (Å²) < 4.78 is 8.05. The summed E-state index contributed by atoms with van der Waals surface area (Å²) in [5, 5.41) is 4.32. The summed E-state index contributed by atoms with van der Waals surface area (Å²) >= 11 is 3.36. The molecule has 5 heteroatoms. The van der Waals surface area contributed by atoms with Crippen LogP contribution in [0, 0.1) is 6.92 Å². The third-order valence-electron chi connectivity index (χ3n) is 2.59. The zero-order valence-electron chi connectivity index (χ0n) is 8.57. The molecular formula is C10H13BrN2O2. The van der Waals surface area contributed by atoms with Crippen molar-refractivity contribution in [1.82, 2.24) is 9.78 Å². The Balaban J connectivity index is 2.33. The van der Waals surface area contributed by atoms with Crippen LogP contribution in [0.1, 0.15) is 41.7 Å². The Morgan fingerprint density at radius 1 is 1.60 bits per heavy atom. The molecule has 1 fully saturated rings. The Morgan fingerprint density at radius 2 is 2.40 bits per heavy atom. The number of aryl methyl sites for hydroxylation is 1. The molecule has 1 aliphatic heterocycles. The summed E-state index contributed by atoms with van der Waals surface area (Å²) in [6.45, 7) is 2.62. The molecule has 1 atom stereocenters. The lowest BCUT2D eigenvalue weighted by Crippen LogP contribution is -2.21. The molecule has 1 aromatic rings. The molecule has 0 saturated carbocycles. The molecule has 0 spiro atoms. The summed E-state index contributed by atoms with van der Waals surface area (Å²) in [6, 6.07) is 0. The molecule has 0 aromatic carbocycles. The van der Waals surface area contributed by atoms with E-state index in [1.165, 1.54) is 0 Å². The van der Waals surface area contributed by atoms with Gasteiger partial charge in [0.05, 0.1) is 10.2 Å². The molecule has 0 bridgehead atoms. The van der Waals surface area contributed by atoms with Crippen LogP contribution in [0.5, 0.6) is 0 Å². The summed E-state index contributed by atoms with van der Waals surface area (Å²) in [5.41, 5.74) is 1.39. The number of nitrogens with zero attached hydrogens (tertiary/aromatic N) is 2. The molecule has 0 aliphatic carbocycles. The van der Waals surface area contributed by atoms with Gasteiger partial charge in [0.25, 0.3) is 0 Å². The Kier molecular flexibility index (Phi) is 3.21. The normalized spacial score (nSPS) is 21.6. The fraction of sp³-hybridized carbons (Fsp3) is 0.600. The van der Waals surface area contributed by atoms with Gasteiger partial charge in [0.1, 0.15) is 5.69 Å². The van der Waals surface area contributed by atoms with Crippen LogP contribution in [0.4, 0.5) is 0 Å². The zero-order chi connectivity index (χ0) is 10.8. The van der Waals surface area contributed by atoms with Gasteiger partial charge >= 0.3 is 0 Å². The number of rotatable bonds is 2. The standard InChI is InChI=1S/C10H13BrN2O2/c1-7-10(11)8(6-14)13(12-7)9-4-2-3-5-15-9/h6,9H,2-5H2,1H3/t9-/m1/s1. The molecule has 82 valence electrons. The van der Waals surface area contributed by atoms with Gasteiger partial charge in [-0.3, -0.25) is 4.79 Å². The maximum Gasteiger partial charge on any atom is 0.169 e. The molecule has 1 aromatic heterocycles. The van der Waals surface area contributed by atoms with E-state index in [0.29, 0.717) is 5.69 Å². The zero-order valence-corrected chi connectivity index (χ0v) is 10.2. The minimum atomic E-state index is -0.0797. The van der Waals surface area contributed by atoms with E-state index in [2.05, 4.69) is 21.0 Å². The SMILES string of the molecule is Cc1nn([C@H]2CCCCO2)c(C=O)c1Br. The number of hydrogen-bond donors (Lipinski definition) is 0. The van der Waals surface area contributed by atoms with Gasteiger partial charge < -0.3 is 4.74 Å². The van der Waals surface area contributed by atoms with Crippen LogP contribution in [0.3, 0.4) is 0 Å². The van der Waals surface area contributed by atoms with Crippen LogP contribution in [0.25, 0.3) is 0 Å². The number of hydrogen-bond acceptors (Lipinski definition) is 3. The highest BCUT2D eigenvalue weighted by Crippen LogP contribution is 2.27. The molecule has 15 heavy (non-hydrogen) atoms. The summed E-state index contributed by atoms with van der Waals surface area (Å²) in [5.74, 6) is 0. The first-order chi connectivity index (χ1) is 7.24. The van der Waals surface area contributed by atoms with Gasteiger partial charge in [-0.25, -0.2) is 4.68 Å². The molecule has 0 amide bonds. The highest BCUT2D eigenvalue weighted by molar-refractivity contribution is 9.10. The van der Waals surface area contributed by atoms with E-state index in [1.54, 1.807) is 4.68 Å².